The second kappa shape index (κ2) is 4.35. The minimum atomic E-state index is 0.789. The van der Waals surface area contributed by atoms with Gasteiger partial charge in [0.1, 0.15) is 0 Å². The van der Waals surface area contributed by atoms with Crippen molar-refractivity contribution in [2.45, 2.75) is 20.4 Å². The Morgan fingerprint density at radius 2 is 2.19 bits per heavy atom. The molecule has 0 unspecified atom stereocenters. The van der Waals surface area contributed by atoms with Crippen LogP contribution in [-0.2, 0) is 13.6 Å². The van der Waals surface area contributed by atoms with Crippen molar-refractivity contribution in [1.82, 2.24) is 14.8 Å². The molecule has 2 aromatic rings. The summed E-state index contributed by atoms with van der Waals surface area (Å²) in [6.45, 7) is 4.91. The highest BCUT2D eigenvalue weighted by atomic mass is 15.3. The predicted octanol–water partition coefficient (Wildman–Crippen LogP) is 2.04. The van der Waals surface area contributed by atoms with Crippen molar-refractivity contribution in [3.05, 3.63) is 41.5 Å². The van der Waals surface area contributed by atoms with Crippen LogP contribution in [0.5, 0.6) is 0 Å². The lowest BCUT2D eigenvalue weighted by Gasteiger charge is -2.06. The van der Waals surface area contributed by atoms with Crippen molar-refractivity contribution >= 4 is 5.69 Å². The van der Waals surface area contributed by atoms with Gasteiger partial charge in [0.25, 0.3) is 0 Å². The summed E-state index contributed by atoms with van der Waals surface area (Å²) < 4.78 is 1.91. The minimum Gasteiger partial charge on any atom is -0.380 e. The van der Waals surface area contributed by atoms with Crippen LogP contribution in [0.3, 0.4) is 0 Å². The number of aromatic nitrogens is 3. The van der Waals surface area contributed by atoms with Crippen molar-refractivity contribution in [2.75, 3.05) is 5.32 Å². The van der Waals surface area contributed by atoms with E-state index in [0.29, 0.717) is 0 Å². The fourth-order valence-electron chi connectivity index (χ4n) is 1.73. The summed E-state index contributed by atoms with van der Waals surface area (Å²) in [5.74, 6) is 0. The summed E-state index contributed by atoms with van der Waals surface area (Å²) in [6, 6.07) is 3.93. The van der Waals surface area contributed by atoms with Crippen molar-refractivity contribution in [3.8, 4) is 0 Å². The molecule has 0 atom stereocenters. The Morgan fingerprint density at radius 1 is 1.38 bits per heavy atom. The summed E-state index contributed by atoms with van der Waals surface area (Å²) in [5.41, 5.74) is 4.57. The summed E-state index contributed by atoms with van der Waals surface area (Å²) in [6.07, 6.45) is 3.59. The molecule has 16 heavy (non-hydrogen) atoms. The van der Waals surface area contributed by atoms with Gasteiger partial charge in [-0.2, -0.15) is 5.10 Å². The van der Waals surface area contributed by atoms with E-state index in [4.69, 9.17) is 0 Å². The number of anilines is 1. The van der Waals surface area contributed by atoms with Crippen LogP contribution >= 0.6 is 0 Å². The highest BCUT2D eigenvalue weighted by Gasteiger charge is 2.08. The van der Waals surface area contributed by atoms with Crippen molar-refractivity contribution < 1.29 is 0 Å². The zero-order valence-corrected chi connectivity index (χ0v) is 9.86. The lowest BCUT2D eigenvalue weighted by Crippen LogP contribution is -2.02. The number of nitrogens with zero attached hydrogens (tertiary/aromatic N) is 3. The topological polar surface area (TPSA) is 42.7 Å². The average Bonchev–Trinajstić information content (AvgIpc) is 2.53. The first-order valence-corrected chi connectivity index (χ1v) is 5.31. The van der Waals surface area contributed by atoms with Gasteiger partial charge >= 0.3 is 0 Å². The molecule has 0 amide bonds. The minimum absolute atomic E-state index is 0.789. The Balaban J connectivity index is 2.11. The molecule has 84 valence electrons. The Labute approximate surface area is 95.3 Å². The summed E-state index contributed by atoms with van der Waals surface area (Å²) in [4.78, 5) is 4.06. The van der Waals surface area contributed by atoms with Gasteiger partial charge in [0, 0.05) is 37.2 Å². The van der Waals surface area contributed by atoms with Crippen molar-refractivity contribution in [3.63, 3.8) is 0 Å². The average molecular weight is 216 g/mol. The van der Waals surface area contributed by atoms with Gasteiger partial charge in [0.05, 0.1) is 11.4 Å². The zero-order chi connectivity index (χ0) is 11.5. The lowest BCUT2D eigenvalue weighted by molar-refractivity contribution is 0.730. The molecule has 0 saturated heterocycles. The first kappa shape index (κ1) is 10.7. The quantitative estimate of drug-likeness (QED) is 0.853. The van der Waals surface area contributed by atoms with E-state index in [-0.39, 0.29) is 0 Å². The maximum atomic E-state index is 4.38. The van der Waals surface area contributed by atoms with Gasteiger partial charge in [-0.1, -0.05) is 0 Å². The monoisotopic (exact) mass is 216 g/mol. The molecule has 4 heteroatoms. The fourth-order valence-corrected chi connectivity index (χ4v) is 1.73. The van der Waals surface area contributed by atoms with Gasteiger partial charge in [-0.15, -0.1) is 0 Å². The van der Waals surface area contributed by atoms with Crippen molar-refractivity contribution in [1.29, 1.82) is 0 Å². The molecule has 0 radical (unpaired) electrons. The molecule has 0 aliphatic heterocycles. The van der Waals surface area contributed by atoms with Crippen LogP contribution in [0.1, 0.15) is 17.0 Å². The molecule has 0 aliphatic carbocycles. The third-order valence-corrected chi connectivity index (χ3v) is 2.79. The van der Waals surface area contributed by atoms with Gasteiger partial charge < -0.3 is 5.32 Å². The third kappa shape index (κ3) is 2.05. The van der Waals surface area contributed by atoms with Crippen LogP contribution in [-0.4, -0.2) is 14.8 Å². The van der Waals surface area contributed by atoms with Gasteiger partial charge in [-0.3, -0.25) is 9.67 Å². The Hall–Kier alpha value is -1.84. The normalized spacial score (nSPS) is 10.4. The van der Waals surface area contributed by atoms with Gasteiger partial charge in [0.15, 0.2) is 0 Å². The SMILES string of the molecule is Cc1nn(C)c(C)c1CNc1cccnc1. The van der Waals surface area contributed by atoms with E-state index < -0.39 is 0 Å². The smallest absolute Gasteiger partial charge is 0.0646 e. The maximum Gasteiger partial charge on any atom is 0.0646 e. The van der Waals surface area contributed by atoms with Gasteiger partial charge in [0.2, 0.25) is 0 Å². The van der Waals surface area contributed by atoms with Gasteiger partial charge in [-0.25, -0.2) is 0 Å². The van der Waals surface area contributed by atoms with Crippen LogP contribution in [0.4, 0.5) is 5.69 Å². The van der Waals surface area contributed by atoms with Crippen LogP contribution in [0, 0.1) is 13.8 Å². The molecule has 0 fully saturated rings. The third-order valence-electron chi connectivity index (χ3n) is 2.79. The molecular formula is C12H16N4. The van der Waals surface area contributed by atoms with E-state index in [1.54, 1.807) is 6.20 Å². The summed E-state index contributed by atoms with van der Waals surface area (Å²) in [5, 5.41) is 7.72. The molecule has 0 aromatic carbocycles. The molecule has 4 nitrogen and oxygen atoms in total. The number of nitrogens with one attached hydrogen (secondary N) is 1. The van der Waals surface area contributed by atoms with E-state index >= 15 is 0 Å². The molecule has 2 rings (SSSR count). The number of pyridine rings is 1. The predicted molar refractivity (Wildman–Crippen MR) is 64.2 cm³/mol. The first-order valence-electron chi connectivity index (χ1n) is 5.31. The van der Waals surface area contributed by atoms with E-state index in [1.807, 2.05) is 37.0 Å². The van der Waals surface area contributed by atoms with Crippen LogP contribution in [0.25, 0.3) is 0 Å². The van der Waals surface area contributed by atoms with Crippen LogP contribution < -0.4 is 5.32 Å². The first-order chi connectivity index (χ1) is 7.68. The van der Waals surface area contributed by atoms with E-state index in [9.17, 15) is 0 Å². The second-order valence-electron chi connectivity index (χ2n) is 3.87. The maximum absolute atomic E-state index is 4.38. The second-order valence-corrected chi connectivity index (χ2v) is 3.87. The van der Waals surface area contributed by atoms with Crippen LogP contribution in [0.15, 0.2) is 24.5 Å². The number of rotatable bonds is 3. The molecular weight excluding hydrogens is 200 g/mol. The largest absolute Gasteiger partial charge is 0.380 e. The Morgan fingerprint density at radius 3 is 2.75 bits per heavy atom. The highest BCUT2D eigenvalue weighted by Crippen LogP contribution is 2.14. The summed E-state index contributed by atoms with van der Waals surface area (Å²) >= 11 is 0. The highest BCUT2D eigenvalue weighted by molar-refractivity contribution is 5.41. The molecule has 0 spiro atoms. The number of hydrogen-bond acceptors (Lipinski definition) is 3. The molecule has 0 aliphatic rings. The van der Waals surface area contributed by atoms with E-state index in [0.717, 1.165) is 17.9 Å². The molecule has 0 bridgehead atoms. The van der Waals surface area contributed by atoms with Gasteiger partial charge in [-0.05, 0) is 26.0 Å². The van der Waals surface area contributed by atoms with Crippen molar-refractivity contribution in [2.24, 2.45) is 7.05 Å². The Bertz CT molecular complexity index is 473. The molecule has 2 heterocycles. The molecule has 0 saturated carbocycles. The fraction of sp³-hybridized carbons (Fsp3) is 0.333. The number of aryl methyl sites for hydroxylation is 2. The molecule has 1 N–H and O–H groups in total. The number of hydrogen-bond donors (Lipinski definition) is 1. The standard InChI is InChI=1S/C12H16N4/c1-9-12(10(2)16(3)15-9)8-14-11-5-4-6-13-7-11/h4-7,14H,8H2,1-3H3. The van der Waals surface area contributed by atoms with E-state index in [2.05, 4.69) is 22.3 Å². The summed E-state index contributed by atoms with van der Waals surface area (Å²) in [7, 11) is 1.97. The lowest BCUT2D eigenvalue weighted by atomic mass is 10.2. The zero-order valence-electron chi connectivity index (χ0n) is 9.86. The van der Waals surface area contributed by atoms with Crippen LogP contribution in [0.2, 0.25) is 0 Å². The Kier molecular flexibility index (Phi) is 2.90. The molecule has 2 aromatic heterocycles. The van der Waals surface area contributed by atoms with E-state index in [1.165, 1.54) is 11.3 Å².